The van der Waals surface area contributed by atoms with Crippen molar-refractivity contribution < 1.29 is 18.3 Å². The van der Waals surface area contributed by atoms with Gasteiger partial charge in [-0.15, -0.1) is 11.8 Å². The van der Waals surface area contributed by atoms with Crippen molar-refractivity contribution in [1.29, 1.82) is 0 Å². The summed E-state index contributed by atoms with van der Waals surface area (Å²) in [6, 6.07) is 9.28. The molecule has 26 heavy (non-hydrogen) atoms. The average Bonchev–Trinajstić information content (AvgIpc) is 2.54. The van der Waals surface area contributed by atoms with E-state index in [1.54, 1.807) is 32.9 Å². The fourth-order valence-electron chi connectivity index (χ4n) is 2.22. The standard InChI is InChI=1S/C19H22F2N2O2S/c1-19(2,3)25-18(24)23-8-9-26-17-7-5-4-6-12(17)13-10-16(22)15(21)11-14(13)20/h4-7,10-11H,8-9,22H2,1-3H3,(H,23,24). The highest BCUT2D eigenvalue weighted by molar-refractivity contribution is 7.99. The monoisotopic (exact) mass is 380 g/mol. The van der Waals surface area contributed by atoms with E-state index in [9.17, 15) is 13.6 Å². The van der Waals surface area contributed by atoms with Gasteiger partial charge in [-0.2, -0.15) is 0 Å². The molecular formula is C19H22F2N2O2S. The summed E-state index contributed by atoms with van der Waals surface area (Å²) in [5, 5.41) is 2.67. The van der Waals surface area contributed by atoms with Gasteiger partial charge in [0, 0.05) is 28.8 Å². The van der Waals surface area contributed by atoms with Gasteiger partial charge in [-0.25, -0.2) is 13.6 Å². The summed E-state index contributed by atoms with van der Waals surface area (Å²) in [4.78, 5) is 12.4. The first-order valence-corrected chi connectivity index (χ1v) is 9.09. The van der Waals surface area contributed by atoms with E-state index in [0.29, 0.717) is 17.9 Å². The number of amides is 1. The lowest BCUT2D eigenvalue weighted by Crippen LogP contribution is -2.33. The lowest BCUT2D eigenvalue weighted by Gasteiger charge is -2.19. The predicted molar refractivity (Wildman–Crippen MR) is 101 cm³/mol. The number of halogens is 2. The van der Waals surface area contributed by atoms with Gasteiger partial charge in [-0.3, -0.25) is 0 Å². The molecule has 0 bridgehead atoms. The molecule has 0 spiro atoms. The second-order valence-electron chi connectivity index (χ2n) is 6.63. The summed E-state index contributed by atoms with van der Waals surface area (Å²) >= 11 is 1.45. The molecule has 3 N–H and O–H groups in total. The molecule has 0 atom stereocenters. The third kappa shape index (κ3) is 5.62. The second-order valence-corrected chi connectivity index (χ2v) is 7.76. The van der Waals surface area contributed by atoms with E-state index in [1.165, 1.54) is 17.8 Å². The quantitative estimate of drug-likeness (QED) is 0.443. The molecule has 0 saturated heterocycles. The molecule has 0 unspecified atom stereocenters. The number of carbonyl (C=O) groups is 1. The molecule has 4 nitrogen and oxygen atoms in total. The van der Waals surface area contributed by atoms with Crippen LogP contribution in [0.1, 0.15) is 20.8 Å². The molecule has 0 fully saturated rings. The molecule has 0 radical (unpaired) electrons. The van der Waals surface area contributed by atoms with Gasteiger partial charge in [0.25, 0.3) is 0 Å². The van der Waals surface area contributed by atoms with Gasteiger partial charge in [-0.05, 0) is 38.5 Å². The fourth-order valence-corrected chi connectivity index (χ4v) is 3.15. The smallest absolute Gasteiger partial charge is 0.407 e. The Morgan fingerprint density at radius 1 is 1.15 bits per heavy atom. The number of benzene rings is 2. The van der Waals surface area contributed by atoms with Crippen LogP contribution >= 0.6 is 11.8 Å². The van der Waals surface area contributed by atoms with Gasteiger partial charge in [-0.1, -0.05) is 18.2 Å². The van der Waals surface area contributed by atoms with Gasteiger partial charge in [0.2, 0.25) is 0 Å². The topological polar surface area (TPSA) is 64.3 Å². The number of alkyl carbamates (subject to hydrolysis) is 1. The Morgan fingerprint density at radius 3 is 2.54 bits per heavy atom. The minimum absolute atomic E-state index is 0.104. The molecule has 2 aromatic rings. The van der Waals surface area contributed by atoms with Crippen molar-refractivity contribution >= 4 is 23.5 Å². The average molecular weight is 380 g/mol. The highest BCUT2D eigenvalue weighted by Gasteiger charge is 2.16. The molecular weight excluding hydrogens is 358 g/mol. The maximum atomic E-state index is 14.2. The highest BCUT2D eigenvalue weighted by Crippen LogP contribution is 2.34. The number of nitrogen functional groups attached to an aromatic ring is 1. The minimum atomic E-state index is -0.780. The van der Waals surface area contributed by atoms with Crippen molar-refractivity contribution in [2.45, 2.75) is 31.3 Å². The number of thioether (sulfide) groups is 1. The van der Waals surface area contributed by atoms with Gasteiger partial charge in [0.05, 0.1) is 5.69 Å². The zero-order valence-electron chi connectivity index (χ0n) is 14.9. The minimum Gasteiger partial charge on any atom is -0.444 e. The molecule has 0 aliphatic carbocycles. The lowest BCUT2D eigenvalue weighted by atomic mass is 10.0. The predicted octanol–water partition coefficient (Wildman–Crippen LogP) is 4.83. The fraction of sp³-hybridized carbons (Fsp3) is 0.316. The Balaban J connectivity index is 2.04. The SMILES string of the molecule is CC(C)(C)OC(=O)NCCSc1ccccc1-c1cc(N)c(F)cc1F. The number of hydrogen-bond donors (Lipinski definition) is 2. The lowest BCUT2D eigenvalue weighted by molar-refractivity contribution is 0.0531. The first kappa shape index (κ1) is 20.0. The maximum absolute atomic E-state index is 14.2. The molecule has 0 saturated carbocycles. The number of nitrogens with two attached hydrogens (primary N) is 1. The van der Waals surface area contributed by atoms with Crippen LogP contribution in [0.15, 0.2) is 41.3 Å². The molecule has 0 aliphatic rings. The van der Waals surface area contributed by atoms with Crippen LogP contribution in [-0.2, 0) is 4.74 Å². The van der Waals surface area contributed by atoms with E-state index < -0.39 is 23.3 Å². The van der Waals surface area contributed by atoms with Crippen LogP contribution in [0.25, 0.3) is 11.1 Å². The summed E-state index contributed by atoms with van der Waals surface area (Å²) in [6.45, 7) is 5.77. The van der Waals surface area contributed by atoms with Gasteiger partial charge >= 0.3 is 6.09 Å². The molecule has 1 amide bonds. The summed E-state index contributed by atoms with van der Waals surface area (Å²) in [6.07, 6.45) is -0.483. The number of nitrogens with one attached hydrogen (secondary N) is 1. The zero-order valence-corrected chi connectivity index (χ0v) is 15.8. The van der Waals surface area contributed by atoms with Crippen molar-refractivity contribution in [2.75, 3.05) is 18.0 Å². The van der Waals surface area contributed by atoms with Crippen molar-refractivity contribution in [3.8, 4) is 11.1 Å². The van der Waals surface area contributed by atoms with Crippen molar-refractivity contribution in [3.63, 3.8) is 0 Å². The van der Waals surface area contributed by atoms with Crippen LogP contribution in [0.2, 0.25) is 0 Å². The molecule has 0 aromatic heterocycles. The molecule has 2 aromatic carbocycles. The van der Waals surface area contributed by atoms with Gasteiger partial charge in [0.1, 0.15) is 17.2 Å². The Bertz CT molecular complexity index is 792. The third-order valence-electron chi connectivity index (χ3n) is 3.29. The molecule has 0 heterocycles. The number of ether oxygens (including phenoxy) is 1. The number of carbonyl (C=O) groups excluding carboxylic acids is 1. The zero-order chi connectivity index (χ0) is 19.3. The summed E-state index contributed by atoms with van der Waals surface area (Å²) < 4.78 is 32.7. The maximum Gasteiger partial charge on any atom is 0.407 e. The molecule has 0 aliphatic heterocycles. The Hall–Kier alpha value is -2.28. The highest BCUT2D eigenvalue weighted by atomic mass is 32.2. The van der Waals surface area contributed by atoms with E-state index >= 15 is 0 Å². The van der Waals surface area contributed by atoms with Crippen LogP contribution in [0.4, 0.5) is 19.3 Å². The Labute approximate surface area is 156 Å². The largest absolute Gasteiger partial charge is 0.444 e. The van der Waals surface area contributed by atoms with Crippen molar-refractivity contribution in [2.24, 2.45) is 0 Å². The van der Waals surface area contributed by atoms with E-state index in [1.807, 2.05) is 12.1 Å². The summed E-state index contributed by atoms with van der Waals surface area (Å²) in [7, 11) is 0. The van der Waals surface area contributed by atoms with Crippen molar-refractivity contribution in [1.82, 2.24) is 5.32 Å². The van der Waals surface area contributed by atoms with Crippen LogP contribution in [0.5, 0.6) is 0 Å². The molecule has 2 rings (SSSR count). The third-order valence-corrected chi connectivity index (χ3v) is 4.37. The van der Waals surface area contributed by atoms with Crippen LogP contribution in [0.3, 0.4) is 0 Å². The van der Waals surface area contributed by atoms with Crippen LogP contribution < -0.4 is 11.1 Å². The van der Waals surface area contributed by atoms with Gasteiger partial charge < -0.3 is 15.8 Å². The number of rotatable bonds is 5. The second kappa shape index (κ2) is 8.40. The Morgan fingerprint density at radius 2 is 1.85 bits per heavy atom. The first-order chi connectivity index (χ1) is 12.2. The molecule has 7 heteroatoms. The van der Waals surface area contributed by atoms with Crippen LogP contribution in [0, 0.1) is 11.6 Å². The number of hydrogen-bond acceptors (Lipinski definition) is 4. The number of anilines is 1. The summed E-state index contributed by atoms with van der Waals surface area (Å²) in [5.41, 5.74) is 5.78. The molecule has 140 valence electrons. The van der Waals surface area contributed by atoms with E-state index in [4.69, 9.17) is 10.5 Å². The van der Waals surface area contributed by atoms with Crippen LogP contribution in [-0.4, -0.2) is 24.0 Å². The van der Waals surface area contributed by atoms with E-state index in [2.05, 4.69) is 5.32 Å². The van der Waals surface area contributed by atoms with Crippen molar-refractivity contribution in [3.05, 3.63) is 48.0 Å². The Kier molecular flexibility index (Phi) is 6.47. The first-order valence-electron chi connectivity index (χ1n) is 8.11. The summed E-state index contributed by atoms with van der Waals surface area (Å²) in [5.74, 6) is -0.885. The normalized spacial score (nSPS) is 11.3. The van der Waals surface area contributed by atoms with Gasteiger partial charge in [0.15, 0.2) is 0 Å². The van der Waals surface area contributed by atoms with E-state index in [-0.39, 0.29) is 11.3 Å². The van der Waals surface area contributed by atoms with E-state index in [0.717, 1.165) is 11.0 Å².